The molecule has 3 N–H and O–H groups in total. The maximum absolute atomic E-state index is 11.8. The Morgan fingerprint density at radius 1 is 1.48 bits per heavy atom. The lowest BCUT2D eigenvalue weighted by atomic mass is 9.93. The first-order valence-electron chi connectivity index (χ1n) is 6.50. The molecule has 0 aliphatic carbocycles. The van der Waals surface area contributed by atoms with Crippen LogP contribution in [0.5, 0.6) is 0 Å². The van der Waals surface area contributed by atoms with Gasteiger partial charge in [0.2, 0.25) is 0 Å². The predicted octanol–water partition coefficient (Wildman–Crippen LogP) is 2.30. The zero-order valence-corrected chi connectivity index (χ0v) is 13.4. The summed E-state index contributed by atoms with van der Waals surface area (Å²) in [4.78, 5) is 22.8. The summed E-state index contributed by atoms with van der Waals surface area (Å²) >= 11 is 1.52. The Hall–Kier alpha value is -1.70. The van der Waals surface area contributed by atoms with Crippen LogP contribution in [0, 0.1) is 0 Å². The second-order valence-electron chi connectivity index (χ2n) is 5.60. The number of aromatic nitrogens is 1. The number of hydrogen-bond acceptors (Lipinski definition) is 5. The molecule has 0 aliphatic rings. The van der Waals surface area contributed by atoms with Crippen LogP contribution in [0.4, 0.5) is 10.6 Å². The Balaban J connectivity index is 2.60. The summed E-state index contributed by atoms with van der Waals surface area (Å²) in [5.41, 5.74) is -0.217. The van der Waals surface area contributed by atoms with Crippen LogP contribution in [0.1, 0.15) is 33.0 Å². The van der Waals surface area contributed by atoms with Gasteiger partial charge in [0.25, 0.3) is 0 Å². The number of carboxylic acid groups (broad SMARTS) is 1. The van der Waals surface area contributed by atoms with Crippen molar-refractivity contribution in [2.75, 3.05) is 17.3 Å². The maximum atomic E-state index is 11.8. The number of nitrogens with one attached hydrogen (secondary N) is 2. The fourth-order valence-electron chi connectivity index (χ4n) is 1.49. The molecule has 0 aromatic carbocycles. The molecule has 1 rings (SSSR count). The smallest absolute Gasteiger partial charge is 0.326 e. The molecule has 0 spiro atoms. The van der Waals surface area contributed by atoms with Crippen molar-refractivity contribution in [1.29, 1.82) is 0 Å². The van der Waals surface area contributed by atoms with Gasteiger partial charge >= 0.3 is 12.0 Å². The number of aliphatic carboxylic acids is 1. The van der Waals surface area contributed by atoms with Crippen LogP contribution >= 0.6 is 11.8 Å². The lowest BCUT2D eigenvalue weighted by molar-refractivity contribution is -0.139. The van der Waals surface area contributed by atoms with Gasteiger partial charge in [-0.3, -0.25) is 5.32 Å². The second-order valence-corrected chi connectivity index (χ2v) is 6.58. The first kappa shape index (κ1) is 17.4. The van der Waals surface area contributed by atoms with Crippen LogP contribution in [0.3, 0.4) is 0 Å². The minimum atomic E-state index is -1.06. The van der Waals surface area contributed by atoms with E-state index in [2.05, 4.69) is 15.8 Å². The van der Waals surface area contributed by atoms with Crippen LogP contribution in [0.25, 0.3) is 0 Å². The van der Waals surface area contributed by atoms with Crippen molar-refractivity contribution < 1.29 is 19.2 Å². The Labute approximate surface area is 127 Å². The number of carbonyl (C=O) groups excluding carboxylic acids is 1. The summed E-state index contributed by atoms with van der Waals surface area (Å²) in [7, 11) is 0. The van der Waals surface area contributed by atoms with Gasteiger partial charge < -0.3 is 14.9 Å². The standard InChI is InChI=1S/C13H21N3O4S/c1-13(2,3)9-7-10(16-20-9)15-12(19)14-8(11(17)18)5-6-21-4/h7-8H,5-6H2,1-4H3,(H,17,18)(H2,14,15,16,19). The number of amides is 2. The number of carboxylic acids is 1. The molecule has 21 heavy (non-hydrogen) atoms. The molecule has 8 heteroatoms. The average molecular weight is 315 g/mol. The predicted molar refractivity (Wildman–Crippen MR) is 81.8 cm³/mol. The van der Waals surface area contributed by atoms with Crippen molar-refractivity contribution in [2.24, 2.45) is 0 Å². The summed E-state index contributed by atoms with van der Waals surface area (Å²) < 4.78 is 5.14. The van der Waals surface area contributed by atoms with Crippen LogP contribution in [-0.4, -0.2) is 40.3 Å². The molecule has 1 aromatic heterocycles. The highest BCUT2D eigenvalue weighted by Gasteiger charge is 2.22. The summed E-state index contributed by atoms with van der Waals surface area (Å²) in [5, 5.41) is 17.7. The molecule has 118 valence electrons. The first-order chi connectivity index (χ1) is 9.74. The average Bonchev–Trinajstić information content (AvgIpc) is 2.82. The summed E-state index contributed by atoms with van der Waals surface area (Å²) in [6.45, 7) is 5.88. The number of hydrogen-bond donors (Lipinski definition) is 3. The molecule has 0 bridgehead atoms. The van der Waals surface area contributed by atoms with E-state index in [4.69, 9.17) is 9.63 Å². The van der Waals surface area contributed by atoms with Gasteiger partial charge in [-0.05, 0) is 18.4 Å². The van der Waals surface area contributed by atoms with E-state index in [1.54, 1.807) is 6.07 Å². The SMILES string of the molecule is CSCCC(NC(=O)Nc1cc(C(C)(C)C)on1)C(=O)O. The Kier molecular flexibility index (Phi) is 6.07. The molecule has 0 aliphatic heterocycles. The molecular weight excluding hydrogens is 294 g/mol. The van der Waals surface area contributed by atoms with Gasteiger partial charge in [0.1, 0.15) is 11.8 Å². The largest absolute Gasteiger partial charge is 0.480 e. The molecule has 1 aromatic rings. The normalized spacial score (nSPS) is 12.8. The molecule has 1 heterocycles. The van der Waals surface area contributed by atoms with Gasteiger partial charge in [0, 0.05) is 11.5 Å². The van der Waals surface area contributed by atoms with Crippen LogP contribution in [0.15, 0.2) is 10.6 Å². The van der Waals surface area contributed by atoms with E-state index < -0.39 is 18.0 Å². The van der Waals surface area contributed by atoms with Crippen molar-refractivity contribution in [3.63, 3.8) is 0 Å². The molecule has 0 saturated carbocycles. The van der Waals surface area contributed by atoms with E-state index in [0.717, 1.165) is 0 Å². The zero-order valence-electron chi connectivity index (χ0n) is 12.6. The van der Waals surface area contributed by atoms with E-state index in [9.17, 15) is 9.59 Å². The molecule has 0 fully saturated rings. The van der Waals surface area contributed by atoms with Crippen molar-refractivity contribution in [3.8, 4) is 0 Å². The zero-order chi connectivity index (χ0) is 16.0. The number of urea groups is 1. The van der Waals surface area contributed by atoms with Gasteiger partial charge in [-0.15, -0.1) is 0 Å². The van der Waals surface area contributed by atoms with Crippen molar-refractivity contribution in [2.45, 2.75) is 38.6 Å². The molecule has 2 amide bonds. The lowest BCUT2D eigenvalue weighted by Crippen LogP contribution is -2.43. The van der Waals surface area contributed by atoms with Gasteiger partial charge in [-0.25, -0.2) is 9.59 Å². The van der Waals surface area contributed by atoms with E-state index in [1.807, 2.05) is 27.0 Å². The maximum Gasteiger partial charge on any atom is 0.326 e. The number of nitrogens with zero attached hydrogens (tertiary/aromatic N) is 1. The van der Waals surface area contributed by atoms with E-state index in [-0.39, 0.29) is 11.2 Å². The number of carbonyl (C=O) groups is 2. The van der Waals surface area contributed by atoms with Gasteiger partial charge in [-0.2, -0.15) is 11.8 Å². The summed E-state index contributed by atoms with van der Waals surface area (Å²) in [6.07, 6.45) is 2.23. The highest BCUT2D eigenvalue weighted by atomic mass is 32.2. The van der Waals surface area contributed by atoms with Crippen LogP contribution < -0.4 is 10.6 Å². The second kappa shape index (κ2) is 7.35. The third kappa shape index (κ3) is 5.66. The van der Waals surface area contributed by atoms with Gasteiger partial charge in [-0.1, -0.05) is 25.9 Å². The van der Waals surface area contributed by atoms with Gasteiger partial charge in [0.05, 0.1) is 0 Å². The monoisotopic (exact) mass is 315 g/mol. The van der Waals surface area contributed by atoms with Crippen molar-refractivity contribution >= 4 is 29.6 Å². The highest BCUT2D eigenvalue weighted by molar-refractivity contribution is 7.98. The van der Waals surface area contributed by atoms with E-state index in [1.165, 1.54) is 11.8 Å². The molecule has 1 atom stereocenters. The Morgan fingerprint density at radius 2 is 2.14 bits per heavy atom. The van der Waals surface area contributed by atoms with Crippen LogP contribution in [0.2, 0.25) is 0 Å². The fourth-order valence-corrected chi connectivity index (χ4v) is 1.96. The fraction of sp³-hybridized carbons (Fsp3) is 0.615. The molecule has 1 unspecified atom stereocenters. The third-order valence-corrected chi connectivity index (χ3v) is 3.35. The Morgan fingerprint density at radius 3 is 2.62 bits per heavy atom. The van der Waals surface area contributed by atoms with Crippen LogP contribution in [-0.2, 0) is 10.2 Å². The molecule has 0 radical (unpaired) electrons. The molecule has 7 nitrogen and oxygen atoms in total. The summed E-state index contributed by atoms with van der Waals surface area (Å²) in [6, 6.07) is 0.0840. The minimum Gasteiger partial charge on any atom is -0.480 e. The Bertz CT molecular complexity index is 496. The quantitative estimate of drug-likeness (QED) is 0.744. The third-order valence-electron chi connectivity index (χ3n) is 2.71. The van der Waals surface area contributed by atoms with Crippen molar-refractivity contribution in [1.82, 2.24) is 10.5 Å². The number of rotatable bonds is 6. The summed E-state index contributed by atoms with van der Waals surface area (Å²) in [5.74, 6) is 0.478. The first-order valence-corrected chi connectivity index (χ1v) is 7.90. The van der Waals surface area contributed by atoms with E-state index in [0.29, 0.717) is 17.9 Å². The number of thioether (sulfide) groups is 1. The minimum absolute atomic E-state index is 0.217. The van der Waals surface area contributed by atoms with Crippen molar-refractivity contribution in [3.05, 3.63) is 11.8 Å². The topological polar surface area (TPSA) is 104 Å². The number of anilines is 1. The lowest BCUT2D eigenvalue weighted by Gasteiger charge is -2.13. The molecular formula is C13H21N3O4S. The van der Waals surface area contributed by atoms with E-state index >= 15 is 0 Å². The van der Waals surface area contributed by atoms with Gasteiger partial charge in [0.15, 0.2) is 5.82 Å². The molecule has 0 saturated heterocycles. The highest BCUT2D eigenvalue weighted by Crippen LogP contribution is 2.24.